The van der Waals surface area contributed by atoms with Crippen LogP contribution in [0.3, 0.4) is 0 Å². The Morgan fingerprint density at radius 1 is 0.461 bits per heavy atom. The number of nitrogens with two attached hydrogens (primary N) is 2. The minimum absolute atomic E-state index is 0.0581. The Hall–Kier alpha value is -12.0. The van der Waals surface area contributed by atoms with Crippen LogP contribution in [-0.4, -0.2) is 237 Å². The summed E-state index contributed by atoms with van der Waals surface area (Å²) < 4.78 is 73.8. The van der Waals surface area contributed by atoms with Gasteiger partial charge in [-0.2, -0.15) is 16.8 Å². The predicted octanol–water partition coefficient (Wildman–Crippen LogP) is -3.61. The smallest absolute Gasteiger partial charge is 0.446 e. The van der Waals surface area contributed by atoms with Gasteiger partial charge in [0, 0.05) is 51.5 Å². The third-order valence-corrected chi connectivity index (χ3v) is 18.4. The number of carboxylic acids is 5. The van der Waals surface area contributed by atoms with Crippen molar-refractivity contribution < 1.29 is 141 Å². The summed E-state index contributed by atoms with van der Waals surface area (Å²) in [6.07, 6.45) is -8.42. The minimum atomic E-state index is -5.10. The van der Waals surface area contributed by atoms with Crippen LogP contribution >= 0.6 is 0 Å². The van der Waals surface area contributed by atoms with Crippen molar-refractivity contribution in [3.05, 3.63) is 95.6 Å². The minimum Gasteiger partial charge on any atom is -0.481 e. The molecule has 1 unspecified atom stereocenters. The molecule has 1 aliphatic heterocycles. The number of amides is 12. The summed E-state index contributed by atoms with van der Waals surface area (Å²) in [7, 11) is -10.2. The average molecular weight is 1660 g/mol. The van der Waals surface area contributed by atoms with Gasteiger partial charge in [0.1, 0.15) is 78.0 Å². The second-order valence-electron chi connectivity index (χ2n) is 27.2. The number of nitrogens with one attached hydrogen (secondary N) is 10. The maximum absolute atomic E-state index is 15.0. The molecule has 0 bridgehead atoms. The molecule has 12 atom stereocenters. The van der Waals surface area contributed by atoms with E-state index < -0.39 is 288 Å². The molecule has 0 saturated carbocycles. The standard InChI is InChI=1S/C70H95N13O30S2/c1-5-37(4)59(82-62(96)45(24-28-57(90)91)74-60(94)43(22-26-55(86)87)75-64(98)48(31-38-10-7-6-8-11-38)81-67(101)51(34-58(92)93)73-54(85)35-71)69(103)83-29-9-12-52(83)68(102)76-44(23-27-56(88)89)61(95)79-49(32-39-13-17-41(18-14-39)112-114(106,107)108)66(100)80-50(33-40-15-19-42(20-16-40)113-115(109,110)111)65(99)78-47(30-36(2)3)63(97)77-46(70(104)105)21-25-53(72)84/h6-8,10-11,13-20,36-37,43-52,59H,5,9,12,21-35,71H2,1-4H3,(H2,72,84)(H,73,85)(H,74,94)(H,75,98)(H,76,102)(H,77,97)(H,78,99)(H,79,95)(H,80,100)(H,81,101)(H,82,96)(H,86,87)(H,88,89)(H,90,91)(H,92,93)(H,104,105)(H,106,107,108)(H,109,110,111)/t37?,43-,44-,45-,46-,47-,48-,49-,50-,51-,52-,59-/m0/s1. The van der Waals surface area contributed by atoms with E-state index in [-0.39, 0.29) is 49.8 Å². The van der Waals surface area contributed by atoms with Crippen molar-refractivity contribution in [2.45, 2.75) is 197 Å². The molecular weight excluding hydrogens is 1570 g/mol. The molecule has 0 aliphatic carbocycles. The number of rotatable bonds is 50. The SMILES string of the molecule is CCC(C)[C@H](NC(=O)[C@H](CCC(=O)O)NC(=O)[C@H](CCC(=O)O)NC(=O)[C@H](Cc1ccccc1)NC(=O)[C@H](CC(=O)O)NC(=O)CN)C(=O)N1CCC[C@H]1C(=O)N[C@@H](CCC(=O)O)C(=O)N[C@@H](Cc1ccc(OS(=O)(=O)O)cc1)C(=O)N[C@@H](Cc1ccc(OS(=O)(=O)O)cc1)C(=O)N[C@@H](CC(C)C)C(=O)N[C@@H](CCC(N)=O)C(=O)O. The van der Waals surface area contributed by atoms with Crippen LogP contribution in [0.5, 0.6) is 11.5 Å². The highest BCUT2D eigenvalue weighted by Crippen LogP contribution is 2.24. The van der Waals surface area contributed by atoms with E-state index in [0.29, 0.717) is 5.56 Å². The molecule has 4 rings (SSSR count). The van der Waals surface area contributed by atoms with Gasteiger partial charge in [-0.15, -0.1) is 0 Å². The second-order valence-corrected chi connectivity index (χ2v) is 29.2. The fraction of sp³-hybridized carbons (Fsp3) is 0.500. The third kappa shape index (κ3) is 34.5. The van der Waals surface area contributed by atoms with Crippen LogP contribution in [0, 0.1) is 11.8 Å². The van der Waals surface area contributed by atoms with Gasteiger partial charge < -0.3 is 103 Å². The summed E-state index contributed by atoms with van der Waals surface area (Å²) in [5, 5.41) is 72.5. The fourth-order valence-electron chi connectivity index (χ4n) is 11.6. The molecule has 1 heterocycles. The molecule has 1 fully saturated rings. The van der Waals surface area contributed by atoms with Crippen LogP contribution in [0.25, 0.3) is 0 Å². The maximum atomic E-state index is 15.0. The van der Waals surface area contributed by atoms with Gasteiger partial charge >= 0.3 is 50.6 Å². The molecular formula is C70H95N13O30S2. The van der Waals surface area contributed by atoms with Gasteiger partial charge in [0.05, 0.1) is 13.0 Å². The van der Waals surface area contributed by atoms with Crippen molar-refractivity contribution in [3.63, 3.8) is 0 Å². The Balaban J connectivity index is 1.74. The molecule has 1 aliphatic rings. The summed E-state index contributed by atoms with van der Waals surface area (Å²) in [6, 6.07) is -2.92. The lowest BCUT2D eigenvalue weighted by atomic mass is 9.96. The maximum Gasteiger partial charge on any atom is 0.446 e. The first-order valence-corrected chi connectivity index (χ1v) is 38.6. The number of nitrogens with zero attached hydrogens (tertiary/aromatic N) is 1. The van der Waals surface area contributed by atoms with E-state index in [1.165, 1.54) is 31.2 Å². The summed E-state index contributed by atoms with van der Waals surface area (Å²) in [6.45, 7) is 5.44. The molecule has 43 nitrogen and oxygen atoms in total. The van der Waals surface area contributed by atoms with Crippen molar-refractivity contribution >= 4 is 122 Å². The average Bonchev–Trinajstić information content (AvgIpc) is 1.74. The van der Waals surface area contributed by atoms with Gasteiger partial charge in [-0.1, -0.05) is 88.7 Å². The molecule has 0 spiro atoms. The number of hydrogen-bond acceptors (Lipinski definition) is 24. The highest BCUT2D eigenvalue weighted by Gasteiger charge is 2.43. The van der Waals surface area contributed by atoms with E-state index in [9.17, 15) is 133 Å². The molecule has 45 heteroatoms. The van der Waals surface area contributed by atoms with Crippen LogP contribution in [0.1, 0.15) is 128 Å². The number of likely N-dealkylation sites (tertiary alicyclic amines) is 1. The normalized spacial score (nSPS) is 15.5. The van der Waals surface area contributed by atoms with Crippen LogP contribution < -0.4 is 73.0 Å². The number of carbonyl (C=O) groups is 17. The van der Waals surface area contributed by atoms with E-state index in [2.05, 4.69) is 61.5 Å². The molecule has 12 amide bonds. The van der Waals surface area contributed by atoms with Crippen LogP contribution in [0.4, 0.5) is 0 Å². The van der Waals surface area contributed by atoms with Crippen molar-refractivity contribution in [1.29, 1.82) is 0 Å². The Bertz CT molecular complexity index is 4230. The quantitative estimate of drug-likeness (QED) is 0.0243. The number of carbonyl (C=O) groups excluding carboxylic acids is 12. The van der Waals surface area contributed by atoms with E-state index in [1.807, 2.05) is 0 Å². The monoisotopic (exact) mass is 1660 g/mol. The summed E-state index contributed by atoms with van der Waals surface area (Å²) in [5.74, 6) is -23.5. The first-order valence-electron chi connectivity index (χ1n) is 35.8. The Morgan fingerprint density at radius 2 is 0.826 bits per heavy atom. The van der Waals surface area contributed by atoms with Crippen LogP contribution in [0.15, 0.2) is 78.9 Å². The third-order valence-electron chi connectivity index (χ3n) is 17.6. The first kappa shape index (κ1) is 95.4. The molecule has 3 aromatic rings. The topological polar surface area (TPSA) is 694 Å². The second kappa shape index (κ2) is 45.7. The van der Waals surface area contributed by atoms with E-state index in [4.69, 9.17) is 11.5 Å². The zero-order valence-electron chi connectivity index (χ0n) is 62.7. The van der Waals surface area contributed by atoms with Crippen LogP contribution in [0.2, 0.25) is 0 Å². The van der Waals surface area contributed by atoms with Gasteiger partial charge in [-0.25, -0.2) is 4.79 Å². The van der Waals surface area contributed by atoms with Crippen molar-refractivity contribution in [3.8, 4) is 11.5 Å². The number of aliphatic carboxylic acids is 5. The lowest BCUT2D eigenvalue weighted by Crippen LogP contribution is -2.61. The Morgan fingerprint density at radius 3 is 1.21 bits per heavy atom. The largest absolute Gasteiger partial charge is 0.481 e. The lowest BCUT2D eigenvalue weighted by Gasteiger charge is -2.33. The van der Waals surface area contributed by atoms with Gasteiger partial charge in [0.15, 0.2) is 0 Å². The lowest BCUT2D eigenvalue weighted by molar-refractivity contribution is -0.144. The highest BCUT2D eigenvalue weighted by atomic mass is 32.3. The van der Waals surface area contributed by atoms with Gasteiger partial charge in [-0.3, -0.25) is 85.8 Å². The Kier molecular flexibility index (Phi) is 37.9. The molecule has 115 heavy (non-hydrogen) atoms. The van der Waals surface area contributed by atoms with Crippen molar-refractivity contribution in [1.82, 2.24) is 58.1 Å². The molecule has 0 aromatic heterocycles. The van der Waals surface area contributed by atoms with Crippen molar-refractivity contribution in [2.24, 2.45) is 23.3 Å². The zero-order chi connectivity index (χ0) is 86.2. The molecule has 21 N–H and O–H groups in total. The van der Waals surface area contributed by atoms with Gasteiger partial charge in [-0.05, 0) is 97.7 Å². The number of carboxylic acid groups (broad SMARTS) is 5. The fourth-order valence-corrected chi connectivity index (χ4v) is 12.3. The van der Waals surface area contributed by atoms with Gasteiger partial charge in [0.25, 0.3) is 0 Å². The Labute approximate surface area is 658 Å². The summed E-state index contributed by atoms with van der Waals surface area (Å²) >= 11 is 0. The zero-order valence-corrected chi connectivity index (χ0v) is 64.3. The highest BCUT2D eigenvalue weighted by molar-refractivity contribution is 7.81. The summed E-state index contributed by atoms with van der Waals surface area (Å²) in [4.78, 5) is 230. The molecule has 0 radical (unpaired) electrons. The number of hydrogen-bond donors (Lipinski definition) is 19. The predicted molar refractivity (Wildman–Crippen MR) is 396 cm³/mol. The molecule has 1 saturated heterocycles. The summed E-state index contributed by atoms with van der Waals surface area (Å²) in [5.41, 5.74) is 11.1. The first-order chi connectivity index (χ1) is 53.8. The van der Waals surface area contributed by atoms with E-state index in [0.717, 1.165) is 41.3 Å². The van der Waals surface area contributed by atoms with Gasteiger partial charge in [0.2, 0.25) is 70.9 Å². The molecule has 3 aromatic carbocycles. The number of benzene rings is 3. The molecule has 632 valence electrons. The van der Waals surface area contributed by atoms with Crippen LogP contribution in [-0.2, 0) is 122 Å². The number of primary amides is 1. The van der Waals surface area contributed by atoms with E-state index >= 15 is 0 Å². The van der Waals surface area contributed by atoms with E-state index in [1.54, 1.807) is 39.0 Å². The van der Waals surface area contributed by atoms with Crippen molar-refractivity contribution in [2.75, 3.05) is 13.1 Å².